The molecule has 0 nitrogen and oxygen atoms in total. The van der Waals surface area contributed by atoms with Crippen molar-refractivity contribution in [1.82, 2.24) is 0 Å². The summed E-state index contributed by atoms with van der Waals surface area (Å²) in [6.45, 7) is 4.55. The van der Waals surface area contributed by atoms with Crippen LogP contribution >= 0.6 is 37.2 Å². The molecule has 0 spiro atoms. The zero-order valence-electron chi connectivity index (χ0n) is 5.85. The summed E-state index contributed by atoms with van der Waals surface area (Å²) < 4.78 is 0. The summed E-state index contributed by atoms with van der Waals surface area (Å²) in [6.07, 6.45) is 0. The van der Waals surface area contributed by atoms with Gasteiger partial charge in [-0.1, -0.05) is 13.8 Å². The van der Waals surface area contributed by atoms with Crippen LogP contribution in [0.25, 0.3) is 0 Å². The Hall–Kier alpha value is 2.12. The molecule has 0 rings (SSSR count). The maximum Gasteiger partial charge on any atom is 0.236 e. The SMILES string of the molecule is C[CH2][AlH][CH2]C.Cl.Cl.Cl.[Ti]. The van der Waals surface area contributed by atoms with Gasteiger partial charge in [0.15, 0.2) is 0 Å². The molecule has 0 saturated carbocycles. The summed E-state index contributed by atoms with van der Waals surface area (Å²) in [7, 11) is 0. The van der Waals surface area contributed by atoms with Gasteiger partial charge in [0.1, 0.15) is 0 Å². The van der Waals surface area contributed by atoms with Crippen LogP contribution in [-0.4, -0.2) is 15.2 Å². The Bertz CT molecular complexity index is 23.3. The molecule has 0 atom stereocenters. The first-order chi connectivity index (χ1) is 2.41. The molecule has 0 saturated heterocycles. The summed E-state index contributed by atoms with van der Waals surface area (Å²) in [6, 6.07) is 0. The molecule has 0 aromatic heterocycles. The van der Waals surface area contributed by atoms with Crippen molar-refractivity contribution in [1.29, 1.82) is 0 Å². The second kappa shape index (κ2) is 32.1. The Morgan fingerprint density at radius 1 is 0.889 bits per heavy atom. The molecule has 5 heteroatoms. The van der Waals surface area contributed by atoms with E-state index in [0.717, 1.165) is 0 Å². The maximum atomic E-state index is 2.27. The Balaban J connectivity index is -0.0000000133. The molecule has 0 heterocycles. The number of halogens is 3. The second-order valence-corrected chi connectivity index (χ2v) is 4.06. The normalized spacial score (nSPS) is 4.22. The number of hydrogen-bond donors (Lipinski definition) is 0. The molecule has 0 aliphatic rings. The van der Waals surface area contributed by atoms with Gasteiger partial charge in [0.05, 0.1) is 0 Å². The van der Waals surface area contributed by atoms with Gasteiger partial charge in [-0.05, 0) is 0 Å². The van der Waals surface area contributed by atoms with E-state index in [9.17, 15) is 0 Å². The fourth-order valence-electron chi connectivity index (χ4n) is 0.354. The molecule has 0 aromatic carbocycles. The fourth-order valence-corrected chi connectivity index (χ4v) is 1.06. The van der Waals surface area contributed by atoms with Crippen LogP contribution in [0.15, 0.2) is 0 Å². The van der Waals surface area contributed by atoms with E-state index >= 15 is 0 Å². The van der Waals surface area contributed by atoms with E-state index in [2.05, 4.69) is 13.8 Å². The van der Waals surface area contributed by atoms with Gasteiger partial charge in [-0.15, -0.1) is 47.8 Å². The van der Waals surface area contributed by atoms with Gasteiger partial charge in [-0.25, -0.2) is 0 Å². The number of rotatable bonds is 2. The fraction of sp³-hybridized carbons (Fsp3) is 1.00. The Morgan fingerprint density at radius 2 is 1.11 bits per heavy atom. The Labute approximate surface area is 97.8 Å². The van der Waals surface area contributed by atoms with Crippen LogP contribution in [0.4, 0.5) is 0 Å². The van der Waals surface area contributed by atoms with E-state index < -0.39 is 0 Å². The van der Waals surface area contributed by atoms with Crippen molar-refractivity contribution < 1.29 is 21.7 Å². The standard InChI is InChI=1S/2C2H5.Al.3ClH.Ti.H/c2*1-2;;;;;;/h2*1H2,2H3;;3*1H;;. The average Bonchev–Trinajstić information content (AvgIpc) is 1.41. The zero-order chi connectivity index (χ0) is 4.12. The molecule has 0 aromatic rings. The average molecular weight is 243 g/mol. The smallest absolute Gasteiger partial charge is 0.147 e. The van der Waals surface area contributed by atoms with Crippen LogP contribution in [-0.2, 0) is 21.7 Å². The van der Waals surface area contributed by atoms with Crippen LogP contribution in [0.3, 0.4) is 0 Å². The van der Waals surface area contributed by atoms with E-state index in [-0.39, 0.29) is 58.9 Å². The zero-order valence-corrected chi connectivity index (χ0v) is 11.3. The van der Waals surface area contributed by atoms with Gasteiger partial charge in [-0.2, -0.15) is 0 Å². The van der Waals surface area contributed by atoms with Crippen molar-refractivity contribution in [3.8, 4) is 0 Å². The van der Waals surface area contributed by atoms with Crippen molar-refractivity contribution in [2.24, 2.45) is 0 Å². The van der Waals surface area contributed by atoms with Crippen LogP contribution in [0.1, 0.15) is 13.8 Å². The van der Waals surface area contributed by atoms with Crippen molar-refractivity contribution in [2.45, 2.75) is 24.4 Å². The van der Waals surface area contributed by atoms with Gasteiger partial charge in [0.25, 0.3) is 0 Å². The minimum atomic E-state index is 0. The Kier molecular flexibility index (Phi) is 109. The minimum absolute atomic E-state index is 0. The van der Waals surface area contributed by atoms with E-state index in [0.29, 0.717) is 15.2 Å². The summed E-state index contributed by atoms with van der Waals surface area (Å²) in [5.41, 5.74) is 0. The monoisotopic (exact) mass is 242 g/mol. The first kappa shape index (κ1) is 30.4. The molecular formula is C4H14AlCl3Ti. The van der Waals surface area contributed by atoms with Crippen LogP contribution in [0, 0.1) is 0 Å². The van der Waals surface area contributed by atoms with Crippen LogP contribution < -0.4 is 0 Å². The molecule has 0 aliphatic carbocycles. The molecule has 0 fully saturated rings. The summed E-state index contributed by atoms with van der Waals surface area (Å²) >= 11 is 0.432. The predicted molar refractivity (Wildman–Crippen MR) is 49.9 cm³/mol. The number of hydrogen-bond acceptors (Lipinski definition) is 0. The molecule has 0 radical (unpaired) electrons. The van der Waals surface area contributed by atoms with E-state index in [1.165, 1.54) is 10.6 Å². The molecule has 0 bridgehead atoms. The summed E-state index contributed by atoms with van der Waals surface area (Å²) in [4.78, 5) is 0. The topological polar surface area (TPSA) is 0 Å². The minimum Gasteiger partial charge on any atom is -0.147 e. The van der Waals surface area contributed by atoms with Crippen LogP contribution in [0.2, 0.25) is 10.6 Å². The van der Waals surface area contributed by atoms with E-state index in [1.807, 2.05) is 0 Å². The van der Waals surface area contributed by atoms with Gasteiger partial charge in [0, 0.05) is 21.7 Å². The third kappa shape index (κ3) is 39.3. The van der Waals surface area contributed by atoms with Crippen molar-refractivity contribution in [2.75, 3.05) is 0 Å². The van der Waals surface area contributed by atoms with Crippen molar-refractivity contribution in [3.05, 3.63) is 0 Å². The quantitative estimate of drug-likeness (QED) is 0.654. The molecule has 9 heavy (non-hydrogen) atoms. The van der Waals surface area contributed by atoms with Gasteiger partial charge < -0.3 is 0 Å². The first-order valence-electron chi connectivity index (χ1n) is 2.41. The molecular weight excluding hydrogens is 229 g/mol. The predicted octanol–water partition coefficient (Wildman–Crippen LogP) is 2.56. The second-order valence-electron chi connectivity index (χ2n) is 1.35. The third-order valence-electron chi connectivity index (χ3n) is 0.707. The van der Waals surface area contributed by atoms with Crippen molar-refractivity contribution in [3.63, 3.8) is 0 Å². The molecule has 0 aliphatic heterocycles. The van der Waals surface area contributed by atoms with Gasteiger partial charge in [0.2, 0.25) is 15.2 Å². The largest absolute Gasteiger partial charge is 0.236 e. The maximum absolute atomic E-state index is 2.27. The molecule has 0 amide bonds. The summed E-state index contributed by atoms with van der Waals surface area (Å²) in [5.74, 6) is 0. The molecule has 58 valence electrons. The molecule has 0 unspecified atom stereocenters. The van der Waals surface area contributed by atoms with Gasteiger partial charge >= 0.3 is 0 Å². The van der Waals surface area contributed by atoms with E-state index in [1.54, 1.807) is 0 Å². The third-order valence-corrected chi connectivity index (χ3v) is 2.12. The van der Waals surface area contributed by atoms with Crippen LogP contribution in [0.5, 0.6) is 0 Å². The van der Waals surface area contributed by atoms with Crippen molar-refractivity contribution >= 4 is 52.4 Å². The Morgan fingerprint density at radius 3 is 1.11 bits per heavy atom. The van der Waals surface area contributed by atoms with E-state index in [4.69, 9.17) is 0 Å². The summed E-state index contributed by atoms with van der Waals surface area (Å²) in [5, 5.41) is 2.97. The van der Waals surface area contributed by atoms with Gasteiger partial charge in [-0.3, -0.25) is 0 Å². The first-order valence-corrected chi connectivity index (χ1v) is 4.41. The molecule has 0 N–H and O–H groups in total.